The highest BCUT2D eigenvalue weighted by molar-refractivity contribution is 6.44. The molecule has 5 nitrogen and oxygen atoms in total. The van der Waals surface area contributed by atoms with Crippen LogP contribution < -0.4 is 0 Å². The van der Waals surface area contributed by atoms with Gasteiger partial charge < -0.3 is 0 Å². The molecular formula is C20H22N2O3. The first-order valence-corrected chi connectivity index (χ1v) is 8.73. The van der Waals surface area contributed by atoms with Gasteiger partial charge in [-0.25, -0.2) is 4.79 Å². The number of rotatable bonds is 6. The SMILES string of the molecule is O=C1C(=O)N(CCC2=CCCCC2)C(=O)N1C/C=C/c1ccccc1. The van der Waals surface area contributed by atoms with Gasteiger partial charge in [-0.15, -0.1) is 0 Å². The van der Waals surface area contributed by atoms with E-state index in [9.17, 15) is 14.4 Å². The third-order valence-electron chi connectivity index (χ3n) is 4.57. The van der Waals surface area contributed by atoms with Crippen molar-refractivity contribution in [2.24, 2.45) is 0 Å². The predicted molar refractivity (Wildman–Crippen MR) is 95.5 cm³/mol. The molecule has 0 bridgehead atoms. The Labute approximate surface area is 147 Å². The maximum atomic E-state index is 12.4. The highest BCUT2D eigenvalue weighted by Gasteiger charge is 2.43. The summed E-state index contributed by atoms with van der Waals surface area (Å²) in [6, 6.07) is 9.10. The quantitative estimate of drug-likeness (QED) is 0.454. The molecule has 0 aromatic heterocycles. The third-order valence-corrected chi connectivity index (χ3v) is 4.57. The molecule has 130 valence electrons. The molecule has 1 aliphatic carbocycles. The van der Waals surface area contributed by atoms with Crippen molar-refractivity contribution in [3.63, 3.8) is 0 Å². The van der Waals surface area contributed by atoms with E-state index in [1.807, 2.05) is 36.4 Å². The van der Waals surface area contributed by atoms with Crippen molar-refractivity contribution in [3.8, 4) is 0 Å². The summed E-state index contributed by atoms with van der Waals surface area (Å²) in [7, 11) is 0. The summed E-state index contributed by atoms with van der Waals surface area (Å²) < 4.78 is 0. The fourth-order valence-electron chi connectivity index (χ4n) is 3.15. The number of nitrogens with zero attached hydrogens (tertiary/aromatic N) is 2. The van der Waals surface area contributed by atoms with Crippen LogP contribution in [0, 0.1) is 0 Å². The number of imide groups is 2. The van der Waals surface area contributed by atoms with Crippen molar-refractivity contribution in [3.05, 3.63) is 53.6 Å². The zero-order valence-electron chi connectivity index (χ0n) is 14.2. The van der Waals surface area contributed by atoms with Gasteiger partial charge in [0.05, 0.1) is 0 Å². The number of allylic oxidation sites excluding steroid dienone is 1. The highest BCUT2D eigenvalue weighted by Crippen LogP contribution is 2.22. The van der Waals surface area contributed by atoms with Gasteiger partial charge in [-0.1, -0.05) is 54.1 Å². The molecule has 1 fully saturated rings. The van der Waals surface area contributed by atoms with Crippen LogP contribution in [0.2, 0.25) is 0 Å². The molecule has 2 aliphatic rings. The second-order valence-corrected chi connectivity index (χ2v) is 6.33. The van der Waals surface area contributed by atoms with E-state index in [2.05, 4.69) is 6.08 Å². The molecular weight excluding hydrogens is 316 g/mol. The first-order chi connectivity index (χ1) is 12.2. The van der Waals surface area contributed by atoms with E-state index < -0.39 is 17.8 Å². The Hall–Kier alpha value is -2.69. The fraction of sp³-hybridized carbons (Fsp3) is 0.350. The van der Waals surface area contributed by atoms with Gasteiger partial charge in [0, 0.05) is 13.1 Å². The van der Waals surface area contributed by atoms with Crippen molar-refractivity contribution in [1.82, 2.24) is 9.80 Å². The van der Waals surface area contributed by atoms with Gasteiger partial charge >= 0.3 is 17.8 Å². The van der Waals surface area contributed by atoms with E-state index in [4.69, 9.17) is 0 Å². The Morgan fingerprint density at radius 3 is 2.44 bits per heavy atom. The largest absolute Gasteiger partial charge is 0.334 e. The molecule has 1 aliphatic heterocycles. The van der Waals surface area contributed by atoms with Crippen LogP contribution >= 0.6 is 0 Å². The number of hydrogen-bond donors (Lipinski definition) is 0. The summed E-state index contributed by atoms with van der Waals surface area (Å²) >= 11 is 0. The minimum absolute atomic E-state index is 0.109. The number of hydrogen-bond acceptors (Lipinski definition) is 3. The number of carbonyl (C=O) groups excluding carboxylic acids is 3. The van der Waals surface area contributed by atoms with Crippen LogP contribution in [0.5, 0.6) is 0 Å². The zero-order chi connectivity index (χ0) is 17.6. The Balaban J connectivity index is 1.59. The summed E-state index contributed by atoms with van der Waals surface area (Å²) in [6.45, 7) is 0.394. The number of amides is 4. The van der Waals surface area contributed by atoms with Gasteiger partial charge in [-0.05, 0) is 37.7 Å². The van der Waals surface area contributed by atoms with Gasteiger partial charge in [0.1, 0.15) is 0 Å². The fourth-order valence-corrected chi connectivity index (χ4v) is 3.15. The number of carbonyl (C=O) groups is 3. The lowest BCUT2D eigenvalue weighted by Gasteiger charge is -2.17. The van der Waals surface area contributed by atoms with Gasteiger partial charge in [0.15, 0.2) is 0 Å². The highest BCUT2D eigenvalue weighted by atomic mass is 16.2. The Kier molecular flexibility index (Phi) is 5.43. The maximum Gasteiger partial charge on any atom is 0.334 e. The van der Waals surface area contributed by atoms with E-state index in [1.165, 1.54) is 12.0 Å². The second-order valence-electron chi connectivity index (χ2n) is 6.33. The van der Waals surface area contributed by atoms with Gasteiger partial charge in [0.25, 0.3) is 0 Å². The van der Waals surface area contributed by atoms with Crippen LogP contribution in [-0.2, 0) is 9.59 Å². The van der Waals surface area contributed by atoms with E-state index in [1.54, 1.807) is 6.08 Å². The Morgan fingerprint density at radius 1 is 0.960 bits per heavy atom. The molecule has 25 heavy (non-hydrogen) atoms. The van der Waals surface area contributed by atoms with Crippen LogP contribution in [-0.4, -0.2) is 40.7 Å². The summed E-state index contributed by atoms with van der Waals surface area (Å²) in [5.74, 6) is -1.45. The van der Waals surface area contributed by atoms with E-state index in [-0.39, 0.29) is 13.1 Å². The molecule has 0 saturated carbocycles. The van der Waals surface area contributed by atoms with Crippen molar-refractivity contribution in [2.45, 2.75) is 32.1 Å². The lowest BCUT2D eigenvalue weighted by Crippen LogP contribution is -2.34. The van der Waals surface area contributed by atoms with Crippen LogP contribution in [0.4, 0.5) is 4.79 Å². The van der Waals surface area contributed by atoms with Crippen LogP contribution in [0.25, 0.3) is 6.08 Å². The van der Waals surface area contributed by atoms with Crippen molar-refractivity contribution in [1.29, 1.82) is 0 Å². The normalized spacial score (nSPS) is 18.4. The van der Waals surface area contributed by atoms with Crippen molar-refractivity contribution in [2.75, 3.05) is 13.1 Å². The molecule has 0 N–H and O–H groups in total. The molecule has 4 amide bonds. The Morgan fingerprint density at radius 2 is 1.72 bits per heavy atom. The first kappa shape index (κ1) is 17.1. The molecule has 1 saturated heterocycles. The van der Waals surface area contributed by atoms with E-state index in [0.717, 1.165) is 34.6 Å². The third kappa shape index (κ3) is 4.05. The van der Waals surface area contributed by atoms with E-state index in [0.29, 0.717) is 6.42 Å². The lowest BCUT2D eigenvalue weighted by atomic mass is 9.97. The molecule has 1 aromatic carbocycles. The summed E-state index contributed by atoms with van der Waals surface area (Å²) in [5, 5.41) is 0. The average molecular weight is 338 g/mol. The zero-order valence-corrected chi connectivity index (χ0v) is 14.2. The molecule has 5 heteroatoms. The molecule has 0 unspecified atom stereocenters. The first-order valence-electron chi connectivity index (χ1n) is 8.73. The summed E-state index contributed by atoms with van der Waals surface area (Å²) in [4.78, 5) is 38.7. The maximum absolute atomic E-state index is 12.4. The smallest absolute Gasteiger partial charge is 0.263 e. The standard InChI is InChI=1S/C20H22N2O3/c23-18-19(24)22(15-13-17-10-5-2-6-11-17)20(25)21(18)14-7-12-16-8-3-1-4-9-16/h1,3-4,7-10,12H,2,5-6,11,13-15H2/b12-7+. The topological polar surface area (TPSA) is 57.7 Å². The van der Waals surface area contributed by atoms with Crippen LogP contribution in [0.3, 0.4) is 0 Å². The molecule has 0 atom stereocenters. The van der Waals surface area contributed by atoms with Crippen LogP contribution in [0.1, 0.15) is 37.7 Å². The van der Waals surface area contributed by atoms with E-state index >= 15 is 0 Å². The second kappa shape index (κ2) is 7.92. The van der Waals surface area contributed by atoms with Crippen molar-refractivity contribution >= 4 is 23.9 Å². The van der Waals surface area contributed by atoms with Crippen LogP contribution in [0.15, 0.2) is 48.1 Å². The molecule has 1 aromatic rings. The molecule has 0 spiro atoms. The van der Waals surface area contributed by atoms with Gasteiger partial charge in [-0.3, -0.25) is 19.4 Å². The molecule has 1 heterocycles. The van der Waals surface area contributed by atoms with Gasteiger partial charge in [-0.2, -0.15) is 0 Å². The summed E-state index contributed by atoms with van der Waals surface area (Å²) in [5.41, 5.74) is 2.26. The molecule has 3 rings (SSSR count). The number of benzene rings is 1. The average Bonchev–Trinajstić information content (AvgIpc) is 2.85. The van der Waals surface area contributed by atoms with Gasteiger partial charge in [0.2, 0.25) is 0 Å². The van der Waals surface area contributed by atoms with Crippen molar-refractivity contribution < 1.29 is 14.4 Å². The predicted octanol–water partition coefficient (Wildman–Crippen LogP) is 3.38. The number of urea groups is 1. The monoisotopic (exact) mass is 338 g/mol. The Bertz CT molecular complexity index is 722. The minimum atomic E-state index is -0.736. The summed E-state index contributed by atoms with van der Waals surface area (Å²) in [6.07, 6.45) is 10.9. The lowest BCUT2D eigenvalue weighted by molar-refractivity contribution is -0.143. The molecule has 0 radical (unpaired) electrons. The minimum Gasteiger partial charge on any atom is -0.263 e.